The number of anilines is 1. The summed E-state index contributed by atoms with van der Waals surface area (Å²) in [5.41, 5.74) is 3.56. The van der Waals surface area contributed by atoms with E-state index in [1.54, 1.807) is 0 Å². The molecule has 1 fully saturated rings. The average molecular weight is 267 g/mol. The molecule has 0 unspecified atom stereocenters. The highest BCUT2D eigenvalue weighted by Crippen LogP contribution is 2.33. The lowest BCUT2D eigenvalue weighted by Crippen LogP contribution is -2.29. The summed E-state index contributed by atoms with van der Waals surface area (Å²) in [7, 11) is 0. The van der Waals surface area contributed by atoms with Gasteiger partial charge in [-0.25, -0.2) is 4.98 Å². The lowest BCUT2D eigenvalue weighted by Gasteiger charge is -2.26. The SMILES string of the molecule is CCCN(CC1CC1)c1nc(C)cc(C)c1CCl. The van der Waals surface area contributed by atoms with Crippen molar-refractivity contribution in [2.45, 2.75) is 45.9 Å². The lowest BCUT2D eigenvalue weighted by atomic mass is 10.1. The molecule has 0 aliphatic heterocycles. The molecule has 0 atom stereocenters. The number of nitrogens with zero attached hydrogens (tertiary/aromatic N) is 2. The van der Waals surface area contributed by atoms with Gasteiger partial charge in [-0.05, 0) is 50.7 Å². The van der Waals surface area contributed by atoms with Crippen LogP contribution in [-0.4, -0.2) is 18.1 Å². The van der Waals surface area contributed by atoms with Crippen molar-refractivity contribution in [3.8, 4) is 0 Å². The molecule has 1 aromatic heterocycles. The fourth-order valence-corrected chi connectivity index (χ4v) is 2.77. The minimum Gasteiger partial charge on any atom is -0.356 e. The van der Waals surface area contributed by atoms with Crippen LogP contribution < -0.4 is 4.90 Å². The van der Waals surface area contributed by atoms with E-state index in [1.165, 1.54) is 24.0 Å². The van der Waals surface area contributed by atoms with Crippen molar-refractivity contribution in [1.82, 2.24) is 4.98 Å². The number of hydrogen-bond donors (Lipinski definition) is 0. The van der Waals surface area contributed by atoms with Gasteiger partial charge in [0.25, 0.3) is 0 Å². The summed E-state index contributed by atoms with van der Waals surface area (Å²) < 4.78 is 0. The highest BCUT2D eigenvalue weighted by Gasteiger charge is 2.26. The fourth-order valence-electron chi connectivity index (χ4n) is 2.44. The number of alkyl halides is 1. The van der Waals surface area contributed by atoms with Crippen molar-refractivity contribution in [2.24, 2.45) is 5.92 Å². The molecule has 0 aromatic carbocycles. The minimum atomic E-state index is 0.555. The summed E-state index contributed by atoms with van der Waals surface area (Å²) in [6.45, 7) is 8.65. The Kier molecular flexibility index (Phi) is 4.50. The predicted molar refractivity (Wildman–Crippen MR) is 78.5 cm³/mol. The molecule has 2 rings (SSSR count). The van der Waals surface area contributed by atoms with Crippen molar-refractivity contribution in [3.63, 3.8) is 0 Å². The van der Waals surface area contributed by atoms with Gasteiger partial charge in [0.05, 0.1) is 5.88 Å². The zero-order valence-corrected chi connectivity index (χ0v) is 12.4. The van der Waals surface area contributed by atoms with E-state index >= 15 is 0 Å². The topological polar surface area (TPSA) is 16.1 Å². The summed E-state index contributed by atoms with van der Waals surface area (Å²) in [5, 5.41) is 0. The molecule has 0 radical (unpaired) electrons. The molecule has 18 heavy (non-hydrogen) atoms. The number of aryl methyl sites for hydroxylation is 2. The molecule has 1 aliphatic carbocycles. The van der Waals surface area contributed by atoms with Crippen molar-refractivity contribution in [1.29, 1.82) is 0 Å². The van der Waals surface area contributed by atoms with Gasteiger partial charge >= 0.3 is 0 Å². The third kappa shape index (κ3) is 3.17. The second kappa shape index (κ2) is 5.92. The molecule has 100 valence electrons. The van der Waals surface area contributed by atoms with Crippen LogP contribution in [-0.2, 0) is 5.88 Å². The molecule has 1 aliphatic rings. The zero-order chi connectivity index (χ0) is 13.1. The van der Waals surface area contributed by atoms with Gasteiger partial charge in [0, 0.05) is 24.3 Å². The number of aromatic nitrogens is 1. The van der Waals surface area contributed by atoms with Crippen LogP contribution >= 0.6 is 11.6 Å². The standard InChI is InChI=1S/C15H23ClN2/c1-4-7-18(10-13-5-6-13)15-14(9-16)11(2)8-12(3)17-15/h8,13H,4-7,9-10H2,1-3H3. The van der Waals surface area contributed by atoms with Crippen molar-refractivity contribution in [3.05, 3.63) is 22.9 Å². The number of rotatable bonds is 6. The Morgan fingerprint density at radius 1 is 1.39 bits per heavy atom. The maximum Gasteiger partial charge on any atom is 0.133 e. The van der Waals surface area contributed by atoms with Crippen LogP contribution in [0.25, 0.3) is 0 Å². The molecule has 1 aromatic rings. The summed E-state index contributed by atoms with van der Waals surface area (Å²) in [6, 6.07) is 2.13. The van der Waals surface area contributed by atoms with Gasteiger partial charge in [-0.15, -0.1) is 11.6 Å². The van der Waals surface area contributed by atoms with Crippen LogP contribution in [0.1, 0.15) is 43.0 Å². The zero-order valence-electron chi connectivity index (χ0n) is 11.7. The Morgan fingerprint density at radius 3 is 2.67 bits per heavy atom. The predicted octanol–water partition coefficient (Wildman–Crippen LogP) is 4.06. The van der Waals surface area contributed by atoms with Gasteiger partial charge < -0.3 is 4.90 Å². The first kappa shape index (κ1) is 13.7. The maximum atomic E-state index is 6.12. The third-order valence-corrected chi connectivity index (χ3v) is 3.82. The molecule has 0 saturated heterocycles. The Morgan fingerprint density at radius 2 is 2.11 bits per heavy atom. The highest BCUT2D eigenvalue weighted by molar-refractivity contribution is 6.17. The molecule has 1 heterocycles. The van der Waals surface area contributed by atoms with Crippen LogP contribution in [0, 0.1) is 19.8 Å². The normalized spacial score (nSPS) is 14.9. The molecule has 0 spiro atoms. The summed E-state index contributed by atoms with van der Waals surface area (Å²) in [4.78, 5) is 7.19. The van der Waals surface area contributed by atoms with Gasteiger partial charge in [-0.3, -0.25) is 0 Å². The van der Waals surface area contributed by atoms with E-state index in [9.17, 15) is 0 Å². The van der Waals surface area contributed by atoms with E-state index in [0.717, 1.165) is 36.9 Å². The number of halogens is 1. The van der Waals surface area contributed by atoms with E-state index in [-0.39, 0.29) is 0 Å². The molecule has 1 saturated carbocycles. The second-order valence-electron chi connectivity index (χ2n) is 5.41. The van der Waals surface area contributed by atoms with Gasteiger partial charge in [0.2, 0.25) is 0 Å². The Bertz CT molecular complexity index is 413. The van der Waals surface area contributed by atoms with E-state index in [4.69, 9.17) is 16.6 Å². The number of hydrogen-bond acceptors (Lipinski definition) is 2. The molecular weight excluding hydrogens is 244 g/mol. The molecule has 0 amide bonds. The quantitative estimate of drug-likeness (QED) is 0.722. The van der Waals surface area contributed by atoms with Crippen LogP contribution in [0.4, 0.5) is 5.82 Å². The monoisotopic (exact) mass is 266 g/mol. The first-order valence-corrected chi connectivity index (χ1v) is 7.47. The second-order valence-corrected chi connectivity index (χ2v) is 5.67. The average Bonchev–Trinajstić information content (AvgIpc) is 3.11. The Balaban J connectivity index is 2.31. The molecule has 0 bridgehead atoms. The molecular formula is C15H23ClN2. The Labute approximate surface area is 115 Å². The van der Waals surface area contributed by atoms with Crippen molar-refractivity contribution in [2.75, 3.05) is 18.0 Å². The molecule has 2 nitrogen and oxygen atoms in total. The summed E-state index contributed by atoms with van der Waals surface area (Å²) in [6.07, 6.45) is 3.91. The Hall–Kier alpha value is -0.760. The maximum absolute atomic E-state index is 6.12. The van der Waals surface area contributed by atoms with Gasteiger partial charge in [0.15, 0.2) is 0 Å². The first-order chi connectivity index (χ1) is 8.65. The van der Waals surface area contributed by atoms with Crippen LogP contribution in [0.2, 0.25) is 0 Å². The minimum absolute atomic E-state index is 0.555. The lowest BCUT2D eigenvalue weighted by molar-refractivity contribution is 0.695. The van der Waals surface area contributed by atoms with Gasteiger partial charge in [-0.2, -0.15) is 0 Å². The largest absolute Gasteiger partial charge is 0.356 e. The summed E-state index contributed by atoms with van der Waals surface area (Å²) >= 11 is 6.12. The number of pyridine rings is 1. The third-order valence-electron chi connectivity index (χ3n) is 3.56. The summed E-state index contributed by atoms with van der Waals surface area (Å²) in [5.74, 6) is 2.55. The van der Waals surface area contributed by atoms with E-state index < -0.39 is 0 Å². The van der Waals surface area contributed by atoms with Crippen molar-refractivity contribution >= 4 is 17.4 Å². The van der Waals surface area contributed by atoms with Crippen LogP contribution in [0.15, 0.2) is 6.07 Å². The highest BCUT2D eigenvalue weighted by atomic mass is 35.5. The first-order valence-electron chi connectivity index (χ1n) is 6.93. The molecule has 0 N–H and O–H groups in total. The molecule has 3 heteroatoms. The van der Waals surface area contributed by atoms with E-state index in [2.05, 4.69) is 31.7 Å². The fraction of sp³-hybridized carbons (Fsp3) is 0.667. The van der Waals surface area contributed by atoms with E-state index in [0.29, 0.717) is 5.88 Å². The van der Waals surface area contributed by atoms with Crippen LogP contribution in [0.3, 0.4) is 0 Å². The smallest absolute Gasteiger partial charge is 0.133 e. The van der Waals surface area contributed by atoms with Gasteiger partial charge in [0.1, 0.15) is 5.82 Å². The van der Waals surface area contributed by atoms with Crippen molar-refractivity contribution < 1.29 is 0 Å². The van der Waals surface area contributed by atoms with Crippen LogP contribution in [0.5, 0.6) is 0 Å². The van der Waals surface area contributed by atoms with Gasteiger partial charge in [-0.1, -0.05) is 6.92 Å². The van der Waals surface area contributed by atoms with E-state index in [1.807, 2.05) is 0 Å².